The van der Waals surface area contributed by atoms with Crippen LogP contribution in [0.25, 0.3) is 22.3 Å². The van der Waals surface area contributed by atoms with Crippen LogP contribution in [0.5, 0.6) is 0 Å². The molecule has 174 valence electrons. The first-order valence-electron chi connectivity index (χ1n) is 12.0. The molecule has 0 atom stereocenters. The Labute approximate surface area is 199 Å². The Hall–Kier alpha value is -3.52. The third-order valence-corrected chi connectivity index (χ3v) is 7.01. The summed E-state index contributed by atoms with van der Waals surface area (Å²) in [5.74, 6) is 2.45. The first kappa shape index (κ1) is 21.0. The van der Waals surface area contributed by atoms with Crippen molar-refractivity contribution in [3.05, 3.63) is 54.1 Å². The van der Waals surface area contributed by atoms with Gasteiger partial charge < -0.3 is 20.1 Å². The molecule has 5 heterocycles. The van der Waals surface area contributed by atoms with Crippen LogP contribution in [0.3, 0.4) is 0 Å². The van der Waals surface area contributed by atoms with E-state index in [0.29, 0.717) is 5.95 Å². The highest BCUT2D eigenvalue weighted by atomic mass is 15.2. The molecule has 1 saturated heterocycles. The van der Waals surface area contributed by atoms with Crippen molar-refractivity contribution in [3.8, 4) is 11.3 Å². The number of nitrogens with one attached hydrogen (secondary N) is 2. The van der Waals surface area contributed by atoms with Crippen molar-refractivity contribution in [1.29, 1.82) is 0 Å². The number of benzene rings is 1. The molecule has 2 N–H and O–H groups in total. The van der Waals surface area contributed by atoms with E-state index in [4.69, 9.17) is 9.97 Å². The van der Waals surface area contributed by atoms with Crippen molar-refractivity contribution >= 4 is 28.5 Å². The predicted octanol–water partition coefficient (Wildman–Crippen LogP) is 4.03. The average Bonchev–Trinajstić information content (AvgIpc) is 3.38. The lowest BCUT2D eigenvalue weighted by atomic mass is 10.0. The second-order valence-electron chi connectivity index (χ2n) is 9.87. The molecular formula is C26H30N8. The van der Waals surface area contributed by atoms with Crippen LogP contribution in [0, 0.1) is 6.92 Å². The summed E-state index contributed by atoms with van der Waals surface area (Å²) in [4.78, 5) is 21.1. The molecule has 0 amide bonds. The molecule has 0 saturated carbocycles. The Morgan fingerprint density at radius 1 is 1.03 bits per heavy atom. The van der Waals surface area contributed by atoms with E-state index in [-0.39, 0.29) is 5.54 Å². The summed E-state index contributed by atoms with van der Waals surface area (Å²) in [5.41, 5.74) is 6.62. The Bertz CT molecular complexity index is 1350. The molecule has 2 aliphatic rings. The Balaban J connectivity index is 1.28. The van der Waals surface area contributed by atoms with Crippen LogP contribution in [-0.2, 0) is 12.0 Å². The summed E-state index contributed by atoms with van der Waals surface area (Å²) >= 11 is 0. The smallest absolute Gasteiger partial charge is 0.228 e. The van der Waals surface area contributed by atoms with Gasteiger partial charge in [-0.15, -0.1) is 0 Å². The molecule has 4 aromatic rings. The first-order valence-corrected chi connectivity index (χ1v) is 12.0. The molecule has 2 aliphatic heterocycles. The monoisotopic (exact) mass is 454 g/mol. The van der Waals surface area contributed by atoms with E-state index in [1.807, 2.05) is 18.3 Å². The highest BCUT2D eigenvalue weighted by molar-refractivity contribution is 5.85. The maximum atomic E-state index is 4.94. The maximum Gasteiger partial charge on any atom is 0.228 e. The molecule has 8 heteroatoms. The summed E-state index contributed by atoms with van der Waals surface area (Å²) in [7, 11) is 0. The van der Waals surface area contributed by atoms with E-state index in [9.17, 15) is 0 Å². The minimum Gasteiger partial charge on any atom is -0.368 e. The number of nitrogens with zero attached hydrogens (tertiary/aromatic N) is 6. The fourth-order valence-corrected chi connectivity index (χ4v) is 5.18. The predicted molar refractivity (Wildman–Crippen MR) is 136 cm³/mol. The zero-order valence-electron chi connectivity index (χ0n) is 20.0. The number of pyridine rings is 1. The number of aryl methyl sites for hydroxylation is 2. The zero-order chi connectivity index (χ0) is 23.3. The number of imidazole rings is 1. The second-order valence-corrected chi connectivity index (χ2v) is 9.87. The van der Waals surface area contributed by atoms with Gasteiger partial charge in [0.15, 0.2) is 0 Å². The largest absolute Gasteiger partial charge is 0.368 e. The summed E-state index contributed by atoms with van der Waals surface area (Å²) < 4.78 is 2.41. The summed E-state index contributed by atoms with van der Waals surface area (Å²) in [6, 6.07) is 10.4. The molecule has 0 aliphatic carbocycles. The van der Waals surface area contributed by atoms with Crippen molar-refractivity contribution in [2.75, 3.05) is 36.4 Å². The molecule has 0 unspecified atom stereocenters. The van der Waals surface area contributed by atoms with Crippen molar-refractivity contribution in [1.82, 2.24) is 29.8 Å². The third-order valence-electron chi connectivity index (χ3n) is 7.01. The minimum atomic E-state index is 0.0794. The molecule has 0 radical (unpaired) electrons. The van der Waals surface area contributed by atoms with Gasteiger partial charge in [-0.25, -0.2) is 19.9 Å². The molecular weight excluding hydrogens is 424 g/mol. The lowest BCUT2D eigenvalue weighted by molar-refractivity contribution is 0.386. The highest BCUT2D eigenvalue weighted by Gasteiger charge is 2.32. The molecule has 3 aromatic heterocycles. The first-order chi connectivity index (χ1) is 16.5. The Morgan fingerprint density at radius 2 is 1.88 bits per heavy atom. The normalized spacial score (nSPS) is 17.2. The van der Waals surface area contributed by atoms with Gasteiger partial charge in [0.2, 0.25) is 5.95 Å². The number of hydrogen-bond donors (Lipinski definition) is 2. The summed E-state index contributed by atoms with van der Waals surface area (Å²) in [5, 5.41) is 6.64. The van der Waals surface area contributed by atoms with E-state index in [1.165, 1.54) is 16.9 Å². The fourth-order valence-electron chi connectivity index (χ4n) is 5.18. The van der Waals surface area contributed by atoms with Gasteiger partial charge in [-0.2, -0.15) is 0 Å². The third kappa shape index (κ3) is 3.68. The second kappa shape index (κ2) is 8.06. The summed E-state index contributed by atoms with van der Waals surface area (Å²) in [6.45, 7) is 10.7. The SMILES string of the molecule is Cc1cc(-c2ccnc(Nc3ccc(N4CCNCC4)cn3)n2)cc2c1nc1n2C(C)(C)CC1. The minimum absolute atomic E-state index is 0.0794. The fraction of sp³-hybridized carbons (Fsp3) is 0.385. The van der Waals surface area contributed by atoms with Gasteiger partial charge >= 0.3 is 0 Å². The van der Waals surface area contributed by atoms with E-state index in [2.05, 4.69) is 69.0 Å². The van der Waals surface area contributed by atoms with Crippen LogP contribution in [0.1, 0.15) is 31.7 Å². The Morgan fingerprint density at radius 3 is 2.68 bits per heavy atom. The highest BCUT2D eigenvalue weighted by Crippen LogP contribution is 2.37. The van der Waals surface area contributed by atoms with E-state index >= 15 is 0 Å². The lowest BCUT2D eigenvalue weighted by Crippen LogP contribution is -2.43. The van der Waals surface area contributed by atoms with Crippen LogP contribution in [0.15, 0.2) is 42.7 Å². The van der Waals surface area contributed by atoms with E-state index in [0.717, 1.165) is 67.3 Å². The van der Waals surface area contributed by atoms with Gasteiger partial charge in [-0.1, -0.05) is 0 Å². The van der Waals surface area contributed by atoms with Gasteiger partial charge in [0.25, 0.3) is 0 Å². The van der Waals surface area contributed by atoms with Crippen LogP contribution in [0.4, 0.5) is 17.5 Å². The molecule has 0 bridgehead atoms. The number of aromatic nitrogens is 5. The number of fused-ring (bicyclic) bond motifs is 3. The van der Waals surface area contributed by atoms with Crippen LogP contribution >= 0.6 is 0 Å². The van der Waals surface area contributed by atoms with Gasteiger partial charge in [0, 0.05) is 49.9 Å². The number of rotatable bonds is 4. The number of hydrogen-bond acceptors (Lipinski definition) is 7. The number of anilines is 3. The van der Waals surface area contributed by atoms with Crippen LogP contribution < -0.4 is 15.5 Å². The van der Waals surface area contributed by atoms with Gasteiger partial charge in [0.05, 0.1) is 28.6 Å². The van der Waals surface area contributed by atoms with Crippen LogP contribution in [0.2, 0.25) is 0 Å². The zero-order valence-corrected chi connectivity index (χ0v) is 20.0. The molecule has 8 nitrogen and oxygen atoms in total. The molecule has 6 rings (SSSR count). The van der Waals surface area contributed by atoms with E-state index in [1.54, 1.807) is 6.20 Å². The quantitative estimate of drug-likeness (QED) is 0.482. The van der Waals surface area contributed by atoms with Crippen molar-refractivity contribution in [2.24, 2.45) is 0 Å². The van der Waals surface area contributed by atoms with Gasteiger partial charge in [0.1, 0.15) is 11.6 Å². The van der Waals surface area contributed by atoms with Gasteiger partial charge in [-0.05, 0) is 63.1 Å². The van der Waals surface area contributed by atoms with Crippen molar-refractivity contribution in [2.45, 2.75) is 39.2 Å². The maximum absolute atomic E-state index is 4.94. The van der Waals surface area contributed by atoms with E-state index < -0.39 is 0 Å². The molecule has 34 heavy (non-hydrogen) atoms. The Kier molecular flexibility index (Phi) is 4.99. The number of piperazine rings is 1. The standard InChI is InChI=1S/C26H30N8/c1-17-14-18(15-21-24(17)32-23-6-8-26(2,3)34(21)23)20-7-9-28-25(30-20)31-22-5-4-19(16-29-22)33-12-10-27-11-13-33/h4-5,7,9,14-16,27H,6,8,10-13H2,1-3H3,(H,28,29,30,31). The molecule has 1 aromatic carbocycles. The molecule has 1 fully saturated rings. The van der Waals surface area contributed by atoms with Crippen molar-refractivity contribution in [3.63, 3.8) is 0 Å². The lowest BCUT2D eigenvalue weighted by Gasteiger charge is -2.29. The topological polar surface area (TPSA) is 83.8 Å². The van der Waals surface area contributed by atoms with Gasteiger partial charge in [-0.3, -0.25) is 0 Å². The summed E-state index contributed by atoms with van der Waals surface area (Å²) in [6.07, 6.45) is 5.86. The van der Waals surface area contributed by atoms with Crippen LogP contribution in [-0.4, -0.2) is 50.7 Å². The molecule has 0 spiro atoms. The average molecular weight is 455 g/mol. The van der Waals surface area contributed by atoms with Crippen molar-refractivity contribution < 1.29 is 0 Å².